The molecule has 7 heteroatoms. The normalized spacial score (nSPS) is 0. The van der Waals surface area contributed by atoms with Crippen molar-refractivity contribution >= 4 is 28.3 Å². The van der Waals surface area contributed by atoms with Gasteiger partial charge in [-0.05, 0) is 11.0 Å². The van der Waals surface area contributed by atoms with Gasteiger partial charge < -0.3 is 0 Å². The Labute approximate surface area is 112 Å². The Bertz CT molecular complexity index is 19.7. The number of hydrogen-bond donors (Lipinski definition) is 0. The van der Waals surface area contributed by atoms with Crippen molar-refractivity contribution in [3.05, 3.63) is 0 Å². The van der Waals surface area contributed by atoms with E-state index < -0.39 is 0 Å². The molecule has 0 aromatic rings. The molecular formula is H7AlCrCuFeMnNiSi. The minimum atomic E-state index is 0. The third-order valence-corrected chi connectivity index (χ3v) is 0. The van der Waals surface area contributed by atoms with Crippen LogP contribution in [0.1, 0.15) is 0 Å². The molecule has 2 radical (unpaired) electrons. The molecule has 0 aromatic carbocycles. The molecule has 0 aliphatic carbocycles. The van der Waals surface area contributed by atoms with Gasteiger partial charge in [-0.3, -0.25) is 0 Å². The van der Waals surface area contributed by atoms with Crippen LogP contribution >= 0.6 is 0 Å². The summed E-state index contributed by atoms with van der Waals surface area (Å²) >= 11 is 0. The van der Waals surface area contributed by atoms with E-state index in [1.54, 1.807) is 0 Å². The molecule has 0 aromatic heterocycles. The fourth-order valence-electron chi connectivity index (χ4n) is 0. The van der Waals surface area contributed by atoms with Gasteiger partial charge in [0.2, 0.25) is 0 Å². The maximum absolute atomic E-state index is 0. The Balaban J connectivity index is 0. The van der Waals surface area contributed by atoms with Crippen LogP contribution in [0.25, 0.3) is 0 Å². The molecule has 7 heavy (non-hydrogen) atoms. The van der Waals surface area contributed by atoms with Gasteiger partial charge in [-0.2, -0.15) is 0 Å². The first-order valence-corrected chi connectivity index (χ1v) is 0. The molecule has 0 atom stereocenters. The zero-order chi connectivity index (χ0) is 0. The van der Waals surface area contributed by atoms with Gasteiger partial charge in [0.15, 0.2) is 17.4 Å². The summed E-state index contributed by atoms with van der Waals surface area (Å²) in [5.74, 6) is 0. The summed E-state index contributed by atoms with van der Waals surface area (Å²) in [6.45, 7) is 0. The first kappa shape index (κ1) is 81.0. The second kappa shape index (κ2) is 58.3. The molecule has 0 rings (SSSR count). The molecule has 0 aliphatic heterocycles. The van der Waals surface area contributed by atoms with Crippen LogP contribution in [0.2, 0.25) is 0 Å². The molecule has 0 unspecified atom stereocenters. The summed E-state index contributed by atoms with van der Waals surface area (Å²) in [7, 11) is 0. The van der Waals surface area contributed by atoms with Crippen molar-refractivity contribution in [2.75, 3.05) is 0 Å². The van der Waals surface area contributed by atoms with Gasteiger partial charge in [0, 0.05) is 85.1 Å². The maximum atomic E-state index is 0. The van der Waals surface area contributed by atoms with Crippen LogP contribution in [0.5, 0.6) is 0 Å². The van der Waals surface area contributed by atoms with Crippen LogP contribution in [-0.4, -0.2) is 28.3 Å². The van der Waals surface area contributed by atoms with Gasteiger partial charge in [-0.1, -0.05) is 0 Å². The van der Waals surface area contributed by atoms with Crippen LogP contribution in [0.15, 0.2) is 0 Å². The van der Waals surface area contributed by atoms with Crippen molar-refractivity contribution in [2.24, 2.45) is 0 Å². The van der Waals surface area contributed by atoms with Gasteiger partial charge in [-0.25, -0.2) is 0 Å². The van der Waals surface area contributed by atoms with Crippen LogP contribution in [0.4, 0.5) is 0 Å². The molecular weight excluding hydrogens is 340 g/mol. The molecule has 0 amide bonds. The van der Waals surface area contributed by atoms with Crippen molar-refractivity contribution in [3.8, 4) is 0 Å². The predicted molar refractivity (Wildman–Crippen MR) is 21.3 cm³/mol. The van der Waals surface area contributed by atoms with Crippen LogP contribution in [0, 0.1) is 0 Å². The van der Waals surface area contributed by atoms with Crippen molar-refractivity contribution in [1.29, 1.82) is 0 Å². The monoisotopic (exact) mass is 346 g/mol. The average Bonchev–Trinajstić information content (AvgIpc) is 0. The van der Waals surface area contributed by atoms with Crippen molar-refractivity contribution < 1.29 is 85.1 Å². The number of hydrogen-bond acceptors (Lipinski definition) is 0. The molecule has 56 valence electrons. The minimum absolute atomic E-state index is 0. The Morgan fingerprint density at radius 1 is 1.00 bits per heavy atom. The van der Waals surface area contributed by atoms with Crippen molar-refractivity contribution in [3.63, 3.8) is 0 Å². The number of rotatable bonds is 0. The molecule has 0 fully saturated rings. The first-order chi connectivity index (χ1) is 0. The van der Waals surface area contributed by atoms with E-state index >= 15 is 0 Å². The van der Waals surface area contributed by atoms with E-state index in [1.165, 1.54) is 0 Å². The Morgan fingerprint density at radius 2 is 1.00 bits per heavy atom. The third kappa shape index (κ3) is 45.2. The van der Waals surface area contributed by atoms with Gasteiger partial charge in [0.25, 0.3) is 0 Å². The van der Waals surface area contributed by atoms with Gasteiger partial charge in [-0.15, -0.1) is 0 Å². The Hall–Kier alpha value is 3.33. The molecule has 0 N–H and O–H groups in total. The molecule has 0 bridgehead atoms. The first-order valence-electron chi connectivity index (χ1n) is 0. The van der Waals surface area contributed by atoms with E-state index in [9.17, 15) is 0 Å². The second-order valence-corrected chi connectivity index (χ2v) is 0. The quantitative estimate of drug-likeness (QED) is 0.420. The van der Waals surface area contributed by atoms with Crippen LogP contribution in [0.3, 0.4) is 0 Å². The summed E-state index contributed by atoms with van der Waals surface area (Å²) in [6.07, 6.45) is 0. The predicted octanol–water partition coefficient (Wildman–Crippen LogP) is -2.65. The van der Waals surface area contributed by atoms with Gasteiger partial charge in [0.1, 0.15) is 0 Å². The standard InChI is InChI=1S/Al.Cr.Cu.Fe.Mn.Ni.H4Si.3H/h;;;;;;1H4;;;. The van der Waals surface area contributed by atoms with Crippen molar-refractivity contribution in [2.45, 2.75) is 0 Å². The fourth-order valence-corrected chi connectivity index (χ4v) is 0. The van der Waals surface area contributed by atoms with Crippen molar-refractivity contribution in [1.82, 2.24) is 0 Å². The average molecular weight is 347 g/mol. The van der Waals surface area contributed by atoms with E-state index in [2.05, 4.69) is 0 Å². The summed E-state index contributed by atoms with van der Waals surface area (Å²) in [4.78, 5) is 0. The second-order valence-electron chi connectivity index (χ2n) is 0. The zero-order valence-electron chi connectivity index (χ0n) is 1.76. The van der Waals surface area contributed by atoms with Gasteiger partial charge in [0.05, 0.1) is 0 Å². The SMILES string of the molecule is [AlH3].[Cr].[Cu].[Fe].[Mn].[Ni].[SiH4]. The smallest absolute Gasteiger partial charge is 0.0149 e. The van der Waals surface area contributed by atoms with E-state index in [4.69, 9.17) is 0 Å². The molecule has 0 heterocycles. The van der Waals surface area contributed by atoms with E-state index in [1.807, 2.05) is 0 Å². The summed E-state index contributed by atoms with van der Waals surface area (Å²) in [6, 6.07) is 0. The van der Waals surface area contributed by atoms with Crippen LogP contribution < -0.4 is 0 Å². The summed E-state index contributed by atoms with van der Waals surface area (Å²) in [5.41, 5.74) is 0. The summed E-state index contributed by atoms with van der Waals surface area (Å²) in [5, 5.41) is 0. The van der Waals surface area contributed by atoms with E-state index in [0.717, 1.165) is 0 Å². The molecule has 0 spiro atoms. The molecule has 0 nitrogen and oxygen atoms in total. The van der Waals surface area contributed by atoms with E-state index in [-0.39, 0.29) is 113 Å². The molecule has 0 saturated heterocycles. The molecule has 0 saturated carbocycles. The Kier molecular flexibility index (Phi) is 675. The molecule has 0 aliphatic rings. The Morgan fingerprint density at radius 3 is 1.00 bits per heavy atom. The van der Waals surface area contributed by atoms with E-state index in [0.29, 0.717) is 0 Å². The minimum Gasteiger partial charge on any atom is -0.0149 e. The maximum Gasteiger partial charge on any atom is 0.187 e. The largest absolute Gasteiger partial charge is 0.187 e. The zero-order valence-corrected chi connectivity index (χ0v) is 7.25. The third-order valence-electron chi connectivity index (χ3n) is 0. The van der Waals surface area contributed by atoms with Crippen LogP contribution in [-0.2, 0) is 85.1 Å². The topological polar surface area (TPSA) is 0 Å². The summed E-state index contributed by atoms with van der Waals surface area (Å²) < 4.78 is 0. The van der Waals surface area contributed by atoms with Gasteiger partial charge >= 0.3 is 0 Å². The fraction of sp³-hybridized carbons (Fsp3) is 0.